The van der Waals surface area contributed by atoms with E-state index in [1.165, 1.54) is 0 Å². The van der Waals surface area contributed by atoms with Crippen molar-refractivity contribution in [2.75, 3.05) is 6.61 Å². The molecule has 0 saturated carbocycles. The molecule has 0 saturated heterocycles. The monoisotopic (exact) mass is 366 g/mol. The van der Waals surface area contributed by atoms with Crippen LogP contribution in [0.2, 0.25) is 0 Å². The van der Waals surface area contributed by atoms with Gasteiger partial charge in [0.05, 0.1) is 5.56 Å². The summed E-state index contributed by atoms with van der Waals surface area (Å²) in [4.78, 5) is 24.8. The molecule has 0 aliphatic carbocycles. The second-order valence-corrected chi connectivity index (χ2v) is 5.91. The third-order valence-electron chi connectivity index (χ3n) is 4.08. The van der Waals surface area contributed by atoms with Crippen molar-refractivity contribution in [3.8, 4) is 0 Å². The first-order chi connectivity index (χ1) is 13.1. The number of esters is 1. The number of halogens is 2. The van der Waals surface area contributed by atoms with Crippen molar-refractivity contribution in [1.82, 2.24) is 0 Å². The summed E-state index contributed by atoms with van der Waals surface area (Å²) < 4.78 is 32.1. The van der Waals surface area contributed by atoms with Gasteiger partial charge in [-0.2, -0.15) is 0 Å². The van der Waals surface area contributed by atoms with Crippen LogP contribution < -0.4 is 0 Å². The molecule has 0 aliphatic heterocycles. The van der Waals surface area contributed by atoms with E-state index >= 15 is 0 Å². The minimum atomic E-state index is -0.861. The Hall–Kier alpha value is -3.34. The summed E-state index contributed by atoms with van der Waals surface area (Å²) in [5.74, 6) is -3.77. The maximum absolute atomic E-state index is 13.7. The van der Waals surface area contributed by atoms with Gasteiger partial charge in [0.25, 0.3) is 0 Å². The van der Waals surface area contributed by atoms with Crippen molar-refractivity contribution >= 4 is 11.8 Å². The average molecular weight is 366 g/mol. The lowest BCUT2D eigenvalue weighted by Gasteiger charge is -2.17. The summed E-state index contributed by atoms with van der Waals surface area (Å²) in [6.07, 6.45) is 0. The van der Waals surface area contributed by atoms with Gasteiger partial charge in [-0.25, -0.2) is 8.78 Å². The Morgan fingerprint density at radius 3 is 1.93 bits per heavy atom. The second-order valence-electron chi connectivity index (χ2n) is 5.91. The summed E-state index contributed by atoms with van der Waals surface area (Å²) in [6, 6.07) is 20.5. The van der Waals surface area contributed by atoms with Crippen LogP contribution in [0.4, 0.5) is 8.78 Å². The van der Waals surface area contributed by atoms with E-state index in [4.69, 9.17) is 4.74 Å². The van der Waals surface area contributed by atoms with Crippen molar-refractivity contribution < 1.29 is 23.1 Å². The summed E-state index contributed by atoms with van der Waals surface area (Å²) >= 11 is 0. The molecule has 0 bridgehead atoms. The molecule has 0 heterocycles. The molecule has 0 aromatic heterocycles. The third kappa shape index (κ3) is 4.44. The molecule has 3 aromatic rings. The van der Waals surface area contributed by atoms with Crippen LogP contribution in [0, 0.1) is 11.6 Å². The largest absolute Gasteiger partial charge is 0.457 e. The number of benzene rings is 3. The number of carbonyl (C=O) groups is 2. The van der Waals surface area contributed by atoms with Gasteiger partial charge >= 0.3 is 5.97 Å². The van der Waals surface area contributed by atoms with Gasteiger partial charge in [0, 0.05) is 0 Å². The fourth-order valence-corrected chi connectivity index (χ4v) is 2.76. The van der Waals surface area contributed by atoms with Gasteiger partial charge in [-0.3, -0.25) is 9.59 Å². The number of ether oxygens (including phenoxy) is 1. The van der Waals surface area contributed by atoms with Crippen molar-refractivity contribution in [2.45, 2.75) is 5.92 Å². The van der Waals surface area contributed by atoms with Crippen LogP contribution in [0.25, 0.3) is 0 Å². The Labute approximate surface area is 155 Å². The molecule has 0 unspecified atom stereocenters. The third-order valence-corrected chi connectivity index (χ3v) is 4.08. The molecule has 0 radical (unpaired) electrons. The van der Waals surface area contributed by atoms with E-state index in [9.17, 15) is 18.4 Å². The van der Waals surface area contributed by atoms with Gasteiger partial charge in [-0.1, -0.05) is 60.7 Å². The standard InChI is InChI=1S/C22H16F2O3/c23-17-11-12-19(24)18(13-17)20(25)14-27-22(26)21(15-7-3-1-4-8-15)16-9-5-2-6-10-16/h1-13,21H,14H2. The Bertz CT molecular complexity index is 901. The topological polar surface area (TPSA) is 43.4 Å². The van der Waals surface area contributed by atoms with E-state index in [1.807, 2.05) is 12.1 Å². The number of hydrogen-bond donors (Lipinski definition) is 0. The van der Waals surface area contributed by atoms with Crippen LogP contribution in [0.5, 0.6) is 0 Å². The summed E-state index contributed by atoms with van der Waals surface area (Å²) in [6.45, 7) is -0.671. The van der Waals surface area contributed by atoms with Crippen LogP contribution in [0.3, 0.4) is 0 Å². The molecule has 0 fully saturated rings. The molecule has 0 amide bonds. The summed E-state index contributed by atoms with van der Waals surface area (Å²) in [5.41, 5.74) is 0.968. The van der Waals surface area contributed by atoms with E-state index < -0.39 is 41.5 Å². The predicted octanol–water partition coefficient (Wildman–Crippen LogP) is 4.52. The fourth-order valence-electron chi connectivity index (χ4n) is 2.76. The summed E-state index contributed by atoms with van der Waals surface area (Å²) in [5, 5.41) is 0. The number of ketones is 1. The average Bonchev–Trinajstić information content (AvgIpc) is 2.70. The van der Waals surface area contributed by atoms with Gasteiger partial charge in [0.1, 0.15) is 17.6 Å². The van der Waals surface area contributed by atoms with Gasteiger partial charge < -0.3 is 4.74 Å². The predicted molar refractivity (Wildman–Crippen MR) is 96.4 cm³/mol. The zero-order chi connectivity index (χ0) is 19.2. The van der Waals surface area contributed by atoms with Gasteiger partial charge in [0.2, 0.25) is 5.78 Å². The maximum Gasteiger partial charge on any atom is 0.318 e. The molecule has 5 heteroatoms. The molecular weight excluding hydrogens is 350 g/mol. The van der Waals surface area contributed by atoms with Crippen molar-refractivity contribution in [3.05, 3.63) is 107 Å². The lowest BCUT2D eigenvalue weighted by atomic mass is 9.91. The highest BCUT2D eigenvalue weighted by Crippen LogP contribution is 2.26. The van der Waals surface area contributed by atoms with Crippen LogP contribution >= 0.6 is 0 Å². The highest BCUT2D eigenvalue weighted by molar-refractivity contribution is 5.98. The fraction of sp³-hybridized carbons (Fsp3) is 0.0909. The molecular formula is C22H16F2O3. The highest BCUT2D eigenvalue weighted by atomic mass is 19.1. The molecule has 3 nitrogen and oxygen atoms in total. The lowest BCUT2D eigenvalue weighted by Crippen LogP contribution is -2.21. The highest BCUT2D eigenvalue weighted by Gasteiger charge is 2.25. The van der Waals surface area contributed by atoms with E-state index in [0.29, 0.717) is 11.1 Å². The molecule has 136 valence electrons. The quantitative estimate of drug-likeness (QED) is 0.476. The maximum atomic E-state index is 13.7. The van der Waals surface area contributed by atoms with E-state index in [-0.39, 0.29) is 0 Å². The van der Waals surface area contributed by atoms with Gasteiger partial charge in [0.15, 0.2) is 6.61 Å². The van der Waals surface area contributed by atoms with E-state index in [0.717, 1.165) is 18.2 Å². The van der Waals surface area contributed by atoms with E-state index in [2.05, 4.69) is 0 Å². The molecule has 0 aliphatic rings. The minimum Gasteiger partial charge on any atom is -0.457 e. The first kappa shape index (κ1) is 18.5. The Kier molecular flexibility index (Phi) is 5.71. The normalized spacial score (nSPS) is 10.6. The number of hydrogen-bond acceptors (Lipinski definition) is 3. The number of rotatable bonds is 6. The molecule has 3 rings (SSSR count). The SMILES string of the molecule is O=C(COC(=O)C(c1ccccc1)c1ccccc1)c1cc(F)ccc1F. The van der Waals surface area contributed by atoms with Crippen molar-refractivity contribution in [3.63, 3.8) is 0 Å². The van der Waals surface area contributed by atoms with Crippen LogP contribution in [-0.4, -0.2) is 18.4 Å². The minimum absolute atomic E-state index is 0.446. The van der Waals surface area contributed by atoms with Crippen LogP contribution in [0.1, 0.15) is 27.4 Å². The molecule has 0 atom stereocenters. The van der Waals surface area contributed by atoms with Crippen LogP contribution in [0.15, 0.2) is 78.9 Å². The second kappa shape index (κ2) is 8.36. The number of Topliss-reactive ketones (excluding diaryl/α,β-unsaturated/α-hetero) is 1. The number of carbonyl (C=O) groups excluding carboxylic acids is 2. The van der Waals surface area contributed by atoms with Crippen molar-refractivity contribution in [1.29, 1.82) is 0 Å². The lowest BCUT2D eigenvalue weighted by molar-refractivity contribution is -0.143. The Balaban J connectivity index is 1.79. The first-order valence-electron chi connectivity index (χ1n) is 8.31. The van der Waals surface area contributed by atoms with E-state index in [1.54, 1.807) is 48.5 Å². The Morgan fingerprint density at radius 1 is 0.815 bits per heavy atom. The molecule has 0 N–H and O–H groups in total. The smallest absolute Gasteiger partial charge is 0.318 e. The van der Waals surface area contributed by atoms with Crippen molar-refractivity contribution in [2.24, 2.45) is 0 Å². The zero-order valence-corrected chi connectivity index (χ0v) is 14.3. The summed E-state index contributed by atoms with van der Waals surface area (Å²) in [7, 11) is 0. The molecule has 3 aromatic carbocycles. The molecule has 27 heavy (non-hydrogen) atoms. The van der Waals surface area contributed by atoms with Gasteiger partial charge in [-0.05, 0) is 29.3 Å². The van der Waals surface area contributed by atoms with Gasteiger partial charge in [-0.15, -0.1) is 0 Å². The zero-order valence-electron chi connectivity index (χ0n) is 14.3. The molecule has 0 spiro atoms. The Morgan fingerprint density at radius 2 is 1.37 bits per heavy atom. The first-order valence-corrected chi connectivity index (χ1v) is 8.31. The van der Waals surface area contributed by atoms with Crippen LogP contribution in [-0.2, 0) is 9.53 Å².